The lowest BCUT2D eigenvalue weighted by molar-refractivity contribution is 0.667. The summed E-state index contributed by atoms with van der Waals surface area (Å²) >= 11 is 0. The quantitative estimate of drug-likeness (QED) is 0.177. The first-order valence-electron chi connectivity index (χ1n) is 19.1. The molecule has 4 aromatic heterocycles. The lowest BCUT2D eigenvalue weighted by atomic mass is 9.99. The van der Waals surface area contributed by atoms with Gasteiger partial charge in [-0.2, -0.15) is 0 Å². The van der Waals surface area contributed by atoms with Crippen LogP contribution >= 0.6 is 0 Å². The van der Waals surface area contributed by atoms with Gasteiger partial charge in [-0.3, -0.25) is 0 Å². The van der Waals surface area contributed by atoms with Crippen molar-refractivity contribution in [3.05, 3.63) is 188 Å². The molecule has 0 saturated carbocycles. The van der Waals surface area contributed by atoms with Crippen LogP contribution in [0.1, 0.15) is 0 Å². The van der Waals surface area contributed by atoms with Crippen LogP contribution in [0.3, 0.4) is 0 Å². The molecule has 0 saturated heterocycles. The van der Waals surface area contributed by atoms with E-state index in [1.54, 1.807) is 6.33 Å². The second-order valence-electron chi connectivity index (χ2n) is 14.6. The number of hydrogen-bond donors (Lipinski definition) is 0. The van der Waals surface area contributed by atoms with E-state index < -0.39 is 0 Å². The van der Waals surface area contributed by atoms with Gasteiger partial charge in [-0.05, 0) is 88.0 Å². The van der Waals surface area contributed by atoms with Gasteiger partial charge >= 0.3 is 0 Å². The molecule has 12 rings (SSSR count). The topological polar surface area (TPSA) is 57.0 Å². The van der Waals surface area contributed by atoms with Crippen molar-refractivity contribution in [2.45, 2.75) is 0 Å². The minimum atomic E-state index is 0.657. The monoisotopic (exact) mass is 729 g/mol. The normalized spacial score (nSPS) is 11.9. The molecule has 12 aromatic rings. The van der Waals surface area contributed by atoms with Crippen molar-refractivity contribution in [1.82, 2.24) is 14.5 Å². The lowest BCUT2D eigenvalue weighted by Gasteiger charge is -2.09. The van der Waals surface area contributed by atoms with Gasteiger partial charge in [0, 0.05) is 38.2 Å². The average Bonchev–Trinajstić information content (AvgIpc) is 3.96. The zero-order valence-electron chi connectivity index (χ0n) is 30.6. The highest BCUT2D eigenvalue weighted by molar-refractivity contribution is 6.16. The van der Waals surface area contributed by atoms with Crippen molar-refractivity contribution in [3.63, 3.8) is 0 Å². The summed E-state index contributed by atoms with van der Waals surface area (Å²) < 4.78 is 15.5. The van der Waals surface area contributed by atoms with Crippen LogP contribution in [0.15, 0.2) is 197 Å². The summed E-state index contributed by atoms with van der Waals surface area (Å²) in [5.41, 5.74) is 15.8. The van der Waals surface area contributed by atoms with Crippen LogP contribution in [0, 0.1) is 0 Å². The Morgan fingerprint density at radius 1 is 0.386 bits per heavy atom. The summed E-state index contributed by atoms with van der Waals surface area (Å²) in [5.74, 6) is 0. The molecule has 5 nitrogen and oxygen atoms in total. The molecule has 8 aromatic carbocycles. The van der Waals surface area contributed by atoms with Gasteiger partial charge in [0.25, 0.3) is 0 Å². The molecule has 0 amide bonds. The average molecular weight is 730 g/mol. The number of rotatable bonds is 5. The van der Waals surface area contributed by atoms with Gasteiger partial charge in [-0.25, -0.2) is 9.97 Å². The SMILES string of the molecule is c1ccc(-c2ccc(-c3ccc4oc5c(-c6cccc7oc8cc(-c9ccc%10c%11ccccc%11n(-c%11ccccc%11)c%10c9)ccc8c67)ncnc5c4c3)cc2)cc1. The molecule has 0 fully saturated rings. The van der Waals surface area contributed by atoms with E-state index in [1.807, 2.05) is 24.3 Å². The largest absolute Gasteiger partial charge is 0.456 e. The highest BCUT2D eigenvalue weighted by Crippen LogP contribution is 2.42. The van der Waals surface area contributed by atoms with Gasteiger partial charge in [0.15, 0.2) is 5.58 Å². The van der Waals surface area contributed by atoms with Crippen LogP contribution in [0.5, 0.6) is 0 Å². The molecule has 0 aliphatic heterocycles. The van der Waals surface area contributed by atoms with E-state index in [4.69, 9.17) is 18.8 Å². The molecule has 0 bridgehead atoms. The fourth-order valence-corrected chi connectivity index (χ4v) is 8.64. The molecule has 266 valence electrons. The van der Waals surface area contributed by atoms with E-state index in [-0.39, 0.29) is 0 Å². The molecule has 4 heterocycles. The number of furan rings is 2. The van der Waals surface area contributed by atoms with Crippen LogP contribution in [0.4, 0.5) is 0 Å². The van der Waals surface area contributed by atoms with Gasteiger partial charge in [0.1, 0.15) is 34.3 Å². The van der Waals surface area contributed by atoms with Gasteiger partial charge in [-0.1, -0.05) is 127 Å². The Morgan fingerprint density at radius 3 is 1.88 bits per heavy atom. The molecule has 0 spiro atoms. The number of hydrogen-bond acceptors (Lipinski definition) is 4. The molecule has 0 aliphatic rings. The minimum Gasteiger partial charge on any atom is -0.456 e. The van der Waals surface area contributed by atoms with Crippen molar-refractivity contribution in [2.24, 2.45) is 0 Å². The predicted octanol–water partition coefficient (Wildman–Crippen LogP) is 14.0. The summed E-state index contributed by atoms with van der Waals surface area (Å²) in [6.45, 7) is 0. The van der Waals surface area contributed by atoms with E-state index in [2.05, 4.69) is 162 Å². The number of aromatic nitrogens is 3. The third-order valence-corrected chi connectivity index (χ3v) is 11.3. The maximum Gasteiger partial charge on any atom is 0.180 e. The molecule has 57 heavy (non-hydrogen) atoms. The molecular weight excluding hydrogens is 699 g/mol. The Labute approximate surface area is 326 Å². The maximum absolute atomic E-state index is 6.60. The first-order valence-corrected chi connectivity index (χ1v) is 19.1. The second kappa shape index (κ2) is 12.4. The molecular formula is C52H31N3O2. The maximum atomic E-state index is 6.60. The van der Waals surface area contributed by atoms with Crippen molar-refractivity contribution in [2.75, 3.05) is 0 Å². The van der Waals surface area contributed by atoms with Gasteiger partial charge in [0.05, 0.1) is 11.0 Å². The van der Waals surface area contributed by atoms with Crippen molar-refractivity contribution >= 4 is 65.8 Å². The fourth-order valence-electron chi connectivity index (χ4n) is 8.64. The summed E-state index contributed by atoms with van der Waals surface area (Å²) in [4.78, 5) is 9.57. The number of benzene rings is 8. The Hall–Kier alpha value is -7.76. The zero-order valence-corrected chi connectivity index (χ0v) is 30.6. The number of nitrogens with zero attached hydrogens (tertiary/aromatic N) is 3. The summed E-state index contributed by atoms with van der Waals surface area (Å²) in [5, 5.41) is 5.44. The Kier molecular flexibility index (Phi) is 6.86. The van der Waals surface area contributed by atoms with Crippen molar-refractivity contribution in [3.8, 4) is 50.3 Å². The minimum absolute atomic E-state index is 0.657. The van der Waals surface area contributed by atoms with Crippen LogP contribution in [0.25, 0.3) is 116 Å². The third kappa shape index (κ3) is 4.96. The van der Waals surface area contributed by atoms with Crippen LogP contribution in [-0.4, -0.2) is 14.5 Å². The number of para-hydroxylation sites is 2. The van der Waals surface area contributed by atoms with E-state index in [1.165, 1.54) is 32.9 Å². The highest BCUT2D eigenvalue weighted by Gasteiger charge is 2.21. The Balaban J connectivity index is 0.955. The third-order valence-electron chi connectivity index (χ3n) is 11.3. The van der Waals surface area contributed by atoms with Gasteiger partial charge in [-0.15, -0.1) is 0 Å². The van der Waals surface area contributed by atoms with E-state index in [0.717, 1.165) is 77.6 Å². The first kappa shape index (κ1) is 31.6. The van der Waals surface area contributed by atoms with E-state index in [9.17, 15) is 0 Å². The van der Waals surface area contributed by atoms with Crippen LogP contribution in [0.2, 0.25) is 0 Å². The standard InChI is InChI=1S/C52H31N3O2/c1-3-10-32(11-4-1)33-18-20-34(21-19-33)35-24-27-46-43(28-35)51-52(57-46)50(53-31-54-51)42-15-9-17-47-49(42)41-26-23-37(30-48(41)56-47)36-22-25-40-39-14-7-8-16-44(39)55(45(40)29-36)38-12-5-2-6-13-38/h1-31H. The molecule has 0 unspecified atom stereocenters. The summed E-state index contributed by atoms with van der Waals surface area (Å²) in [6.07, 6.45) is 1.64. The smallest absolute Gasteiger partial charge is 0.180 e. The second-order valence-corrected chi connectivity index (χ2v) is 14.6. The van der Waals surface area contributed by atoms with Crippen molar-refractivity contribution in [1.29, 1.82) is 0 Å². The molecule has 0 N–H and O–H groups in total. The van der Waals surface area contributed by atoms with E-state index >= 15 is 0 Å². The Bertz CT molecular complexity index is 3500. The molecule has 0 atom stereocenters. The Morgan fingerprint density at radius 2 is 1.04 bits per heavy atom. The van der Waals surface area contributed by atoms with Crippen molar-refractivity contribution < 1.29 is 8.83 Å². The van der Waals surface area contributed by atoms with E-state index in [0.29, 0.717) is 5.58 Å². The van der Waals surface area contributed by atoms with Crippen LogP contribution in [-0.2, 0) is 0 Å². The highest BCUT2D eigenvalue weighted by atomic mass is 16.3. The zero-order chi connectivity index (χ0) is 37.5. The fraction of sp³-hybridized carbons (Fsp3) is 0. The summed E-state index contributed by atoms with van der Waals surface area (Å²) in [6, 6.07) is 64.0. The lowest BCUT2D eigenvalue weighted by Crippen LogP contribution is -1.93. The van der Waals surface area contributed by atoms with Gasteiger partial charge in [0.2, 0.25) is 0 Å². The molecule has 0 radical (unpaired) electrons. The summed E-state index contributed by atoms with van der Waals surface area (Å²) in [7, 11) is 0. The van der Waals surface area contributed by atoms with Crippen LogP contribution < -0.4 is 0 Å². The molecule has 5 heteroatoms. The number of fused-ring (bicyclic) bond motifs is 9. The van der Waals surface area contributed by atoms with Gasteiger partial charge < -0.3 is 13.4 Å². The molecule has 0 aliphatic carbocycles. The predicted molar refractivity (Wildman–Crippen MR) is 233 cm³/mol. The first-order chi connectivity index (χ1) is 28.2.